The Morgan fingerprint density at radius 2 is 1.95 bits per heavy atom. The van der Waals surface area contributed by atoms with Crippen LogP contribution in [0.4, 0.5) is 11.4 Å². The first-order valence-corrected chi connectivity index (χ1v) is 12.9. The Morgan fingerprint density at radius 3 is 2.79 bits per heavy atom. The quantitative estimate of drug-likeness (QED) is 0.194. The number of carbonyl (C=O) groups excluding carboxylic acids is 1. The summed E-state index contributed by atoms with van der Waals surface area (Å²) < 4.78 is 8.18. The van der Waals surface area contributed by atoms with Gasteiger partial charge in [-0.2, -0.15) is 0 Å². The molecule has 0 aliphatic carbocycles. The lowest BCUT2D eigenvalue weighted by Gasteiger charge is -2.08. The predicted octanol–water partition coefficient (Wildman–Crippen LogP) is 6.25. The van der Waals surface area contributed by atoms with E-state index in [0.29, 0.717) is 22.2 Å². The molecule has 190 valence electrons. The average Bonchev–Trinajstić information content (AvgIpc) is 3.37. The second kappa shape index (κ2) is 12.0. The number of ketones is 1. The number of Topliss-reactive ketones (excluding diaryl/α,β-unsaturated/α-hetero) is 1. The van der Waals surface area contributed by atoms with Gasteiger partial charge in [-0.1, -0.05) is 50.9 Å². The second-order valence-electron chi connectivity index (χ2n) is 8.43. The first kappa shape index (κ1) is 25.6. The number of fused-ring (bicyclic) bond motifs is 1. The molecule has 5 aromatic rings. The Morgan fingerprint density at radius 1 is 1.11 bits per heavy atom. The van der Waals surface area contributed by atoms with Crippen LogP contribution in [0.5, 0.6) is 5.75 Å². The number of pyridine rings is 1. The molecule has 0 fully saturated rings. The van der Waals surface area contributed by atoms with Gasteiger partial charge in [0.1, 0.15) is 24.6 Å². The standard InChI is InChI=1S/C28H22BrClN6O2/c29-21-7-10-28(26(30)12-21)33-15-24(37)17-36-16-23(34-35-36)18-38-25-8-5-19(6-9-25)13-31-22-11-20-3-1-2-4-27(20)32-14-22/h1-14,16,33H,15,17-18H2. The van der Waals surface area contributed by atoms with Gasteiger partial charge in [0.05, 0.1) is 40.9 Å². The molecule has 0 amide bonds. The number of aliphatic imine (C=N–C) groups is 1. The molecular weight excluding hydrogens is 568 g/mol. The van der Waals surface area contributed by atoms with E-state index >= 15 is 0 Å². The lowest BCUT2D eigenvalue weighted by atomic mass is 10.2. The van der Waals surface area contributed by atoms with Crippen LogP contribution in [-0.2, 0) is 17.9 Å². The number of nitrogens with one attached hydrogen (secondary N) is 1. The maximum absolute atomic E-state index is 12.3. The van der Waals surface area contributed by atoms with Gasteiger partial charge in [0.25, 0.3) is 0 Å². The van der Waals surface area contributed by atoms with Crippen LogP contribution < -0.4 is 10.1 Å². The molecule has 0 spiro atoms. The topological polar surface area (TPSA) is 94.3 Å². The number of para-hydroxylation sites is 1. The van der Waals surface area contributed by atoms with Gasteiger partial charge in [0.2, 0.25) is 0 Å². The highest BCUT2D eigenvalue weighted by Crippen LogP contribution is 2.25. The maximum Gasteiger partial charge on any atom is 0.173 e. The number of anilines is 1. The van der Waals surface area contributed by atoms with E-state index in [9.17, 15) is 4.79 Å². The van der Waals surface area contributed by atoms with Gasteiger partial charge in [-0.3, -0.25) is 14.8 Å². The van der Waals surface area contributed by atoms with Gasteiger partial charge in [-0.05, 0) is 60.2 Å². The number of carbonyl (C=O) groups is 1. The number of nitrogens with zero attached hydrogens (tertiary/aromatic N) is 5. The van der Waals surface area contributed by atoms with Crippen LogP contribution in [0.15, 0.2) is 94.7 Å². The SMILES string of the molecule is O=C(CNc1ccc(Br)cc1Cl)Cn1cc(COc2ccc(C=Nc3cnc4ccccc4c3)cc2)nn1. The molecule has 0 saturated heterocycles. The Labute approximate surface area is 232 Å². The van der Waals surface area contributed by atoms with Crippen LogP contribution >= 0.6 is 27.5 Å². The Bertz CT molecular complexity index is 1600. The predicted molar refractivity (Wildman–Crippen MR) is 152 cm³/mol. The number of hydrogen-bond acceptors (Lipinski definition) is 7. The van der Waals surface area contributed by atoms with E-state index in [1.165, 1.54) is 4.68 Å². The van der Waals surface area contributed by atoms with Gasteiger partial charge in [0.15, 0.2) is 5.78 Å². The zero-order valence-corrected chi connectivity index (χ0v) is 22.4. The number of aromatic nitrogens is 4. The van der Waals surface area contributed by atoms with Gasteiger partial charge in [-0.25, -0.2) is 4.68 Å². The Kier molecular flexibility index (Phi) is 8.06. The lowest BCUT2D eigenvalue weighted by molar-refractivity contribution is -0.118. The molecule has 2 heterocycles. The molecule has 3 aromatic carbocycles. The van der Waals surface area contributed by atoms with Crippen molar-refractivity contribution >= 4 is 61.8 Å². The Balaban J connectivity index is 1.09. The first-order valence-electron chi connectivity index (χ1n) is 11.7. The Hall–Kier alpha value is -4.08. The van der Waals surface area contributed by atoms with Crippen molar-refractivity contribution < 1.29 is 9.53 Å². The summed E-state index contributed by atoms with van der Waals surface area (Å²) in [4.78, 5) is 21.3. The minimum atomic E-state index is -0.0573. The lowest BCUT2D eigenvalue weighted by Crippen LogP contribution is -2.20. The van der Waals surface area contributed by atoms with E-state index in [-0.39, 0.29) is 25.5 Å². The van der Waals surface area contributed by atoms with Gasteiger partial charge >= 0.3 is 0 Å². The summed E-state index contributed by atoms with van der Waals surface area (Å²) in [6.45, 7) is 0.451. The molecule has 2 aromatic heterocycles. The van der Waals surface area contributed by atoms with Crippen LogP contribution in [0.25, 0.3) is 10.9 Å². The van der Waals surface area contributed by atoms with Crippen LogP contribution in [-0.4, -0.2) is 38.5 Å². The van der Waals surface area contributed by atoms with Crippen molar-refractivity contribution in [2.24, 2.45) is 4.99 Å². The number of hydrogen-bond donors (Lipinski definition) is 1. The molecule has 0 aliphatic rings. The van der Waals surface area contributed by atoms with Crippen molar-refractivity contribution in [1.29, 1.82) is 0 Å². The summed E-state index contributed by atoms with van der Waals surface area (Å²) >= 11 is 9.53. The normalized spacial score (nSPS) is 11.2. The minimum Gasteiger partial charge on any atom is -0.487 e. The van der Waals surface area contributed by atoms with E-state index < -0.39 is 0 Å². The average molecular weight is 590 g/mol. The third kappa shape index (κ3) is 6.81. The zero-order chi connectivity index (χ0) is 26.3. The highest BCUT2D eigenvalue weighted by atomic mass is 79.9. The fraction of sp³-hybridized carbons (Fsp3) is 0.107. The van der Waals surface area contributed by atoms with Crippen LogP contribution in [0.2, 0.25) is 5.02 Å². The van der Waals surface area contributed by atoms with Crippen molar-refractivity contribution in [3.63, 3.8) is 0 Å². The highest BCUT2D eigenvalue weighted by Gasteiger charge is 2.09. The molecule has 0 unspecified atom stereocenters. The third-order valence-corrected chi connectivity index (χ3v) is 6.34. The highest BCUT2D eigenvalue weighted by molar-refractivity contribution is 9.10. The molecule has 5 rings (SSSR count). The summed E-state index contributed by atoms with van der Waals surface area (Å²) in [5, 5.41) is 12.7. The summed E-state index contributed by atoms with van der Waals surface area (Å²) in [5.41, 5.74) is 3.99. The number of ether oxygens (including phenoxy) is 1. The molecule has 0 radical (unpaired) electrons. The molecule has 0 atom stereocenters. The van der Waals surface area contributed by atoms with Gasteiger partial charge < -0.3 is 10.1 Å². The molecule has 38 heavy (non-hydrogen) atoms. The van der Waals surface area contributed by atoms with Crippen LogP contribution in [0.1, 0.15) is 11.3 Å². The van der Waals surface area contributed by atoms with Gasteiger partial charge in [-0.15, -0.1) is 5.10 Å². The van der Waals surface area contributed by atoms with Gasteiger partial charge in [0, 0.05) is 16.1 Å². The van der Waals surface area contributed by atoms with E-state index in [2.05, 4.69) is 41.5 Å². The van der Waals surface area contributed by atoms with E-state index in [1.54, 1.807) is 24.7 Å². The summed E-state index contributed by atoms with van der Waals surface area (Å²) in [6.07, 6.45) is 5.24. The fourth-order valence-corrected chi connectivity index (χ4v) is 4.37. The smallest absolute Gasteiger partial charge is 0.173 e. The van der Waals surface area contributed by atoms with E-state index in [0.717, 1.165) is 26.6 Å². The molecule has 0 saturated carbocycles. The molecule has 1 N–H and O–H groups in total. The van der Waals surface area contributed by atoms with Crippen LogP contribution in [0, 0.1) is 0 Å². The number of halogens is 2. The maximum atomic E-state index is 12.3. The largest absolute Gasteiger partial charge is 0.487 e. The second-order valence-corrected chi connectivity index (χ2v) is 9.75. The third-order valence-electron chi connectivity index (χ3n) is 5.54. The molecule has 8 nitrogen and oxygen atoms in total. The van der Waals surface area contributed by atoms with Crippen molar-refractivity contribution in [3.8, 4) is 5.75 Å². The van der Waals surface area contributed by atoms with Crippen molar-refractivity contribution in [2.45, 2.75) is 13.2 Å². The summed E-state index contributed by atoms with van der Waals surface area (Å²) in [7, 11) is 0. The summed E-state index contributed by atoms with van der Waals surface area (Å²) in [5.74, 6) is 0.633. The molecule has 0 bridgehead atoms. The first-order chi connectivity index (χ1) is 18.5. The number of benzene rings is 3. The van der Waals surface area contributed by atoms with Crippen LogP contribution in [0.3, 0.4) is 0 Å². The number of rotatable bonds is 10. The zero-order valence-electron chi connectivity index (χ0n) is 20.1. The van der Waals surface area contributed by atoms with Crippen molar-refractivity contribution in [3.05, 3.63) is 106 Å². The molecular formula is C28H22BrClN6O2. The van der Waals surface area contributed by atoms with Crippen molar-refractivity contribution in [1.82, 2.24) is 20.0 Å². The monoisotopic (exact) mass is 588 g/mol. The fourth-order valence-electron chi connectivity index (χ4n) is 3.63. The molecule has 0 aliphatic heterocycles. The van der Waals surface area contributed by atoms with Crippen molar-refractivity contribution in [2.75, 3.05) is 11.9 Å². The van der Waals surface area contributed by atoms with E-state index in [4.69, 9.17) is 16.3 Å². The minimum absolute atomic E-state index is 0.0573. The molecule has 10 heteroatoms. The van der Waals surface area contributed by atoms with E-state index in [1.807, 2.05) is 66.7 Å². The summed E-state index contributed by atoms with van der Waals surface area (Å²) in [6, 6.07) is 23.0.